The number of aliphatic hydroxyl groups is 1. The van der Waals surface area contributed by atoms with Crippen molar-refractivity contribution in [1.29, 1.82) is 0 Å². The van der Waals surface area contributed by atoms with Gasteiger partial charge in [-0.2, -0.15) is 0 Å². The third-order valence-electron chi connectivity index (χ3n) is 3.94. The van der Waals surface area contributed by atoms with E-state index in [9.17, 15) is 5.11 Å². The van der Waals surface area contributed by atoms with E-state index in [1.54, 1.807) is 0 Å². The molecule has 1 aliphatic heterocycles. The number of nitrogens with zero attached hydrogens (tertiary/aromatic N) is 3. The van der Waals surface area contributed by atoms with Gasteiger partial charge in [0.15, 0.2) is 0 Å². The SMILES string of the molecule is CCc1nc(NC)c(C)c(N2CCC(C)C(O)C2)n1. The Labute approximate surface area is 115 Å². The smallest absolute Gasteiger partial charge is 0.137 e. The maximum atomic E-state index is 10.1. The molecule has 19 heavy (non-hydrogen) atoms. The molecule has 1 saturated heterocycles. The number of aryl methyl sites for hydroxylation is 1. The van der Waals surface area contributed by atoms with Crippen molar-refractivity contribution in [3.05, 3.63) is 11.4 Å². The first kappa shape index (κ1) is 14.1. The molecular weight excluding hydrogens is 240 g/mol. The van der Waals surface area contributed by atoms with E-state index in [-0.39, 0.29) is 6.10 Å². The number of anilines is 2. The van der Waals surface area contributed by atoms with Crippen molar-refractivity contribution < 1.29 is 5.11 Å². The predicted molar refractivity (Wildman–Crippen MR) is 77.7 cm³/mol. The summed E-state index contributed by atoms with van der Waals surface area (Å²) < 4.78 is 0. The Morgan fingerprint density at radius 1 is 1.42 bits per heavy atom. The van der Waals surface area contributed by atoms with Gasteiger partial charge in [0.1, 0.15) is 17.5 Å². The van der Waals surface area contributed by atoms with Crippen molar-refractivity contribution in [2.75, 3.05) is 30.4 Å². The molecule has 1 aromatic heterocycles. The lowest BCUT2D eigenvalue weighted by Gasteiger charge is -2.36. The summed E-state index contributed by atoms with van der Waals surface area (Å²) in [6.07, 6.45) is 1.54. The fourth-order valence-corrected chi connectivity index (χ4v) is 2.50. The minimum Gasteiger partial charge on any atom is -0.391 e. The molecule has 1 aliphatic rings. The van der Waals surface area contributed by atoms with Crippen molar-refractivity contribution in [3.8, 4) is 0 Å². The topological polar surface area (TPSA) is 61.3 Å². The Morgan fingerprint density at radius 2 is 2.16 bits per heavy atom. The Hall–Kier alpha value is -1.36. The Kier molecular flexibility index (Phi) is 4.24. The van der Waals surface area contributed by atoms with Gasteiger partial charge in [0, 0.05) is 32.1 Å². The zero-order valence-corrected chi connectivity index (χ0v) is 12.3. The lowest BCUT2D eigenvalue weighted by atomic mass is 9.96. The van der Waals surface area contributed by atoms with Crippen LogP contribution in [0.3, 0.4) is 0 Å². The van der Waals surface area contributed by atoms with Crippen LogP contribution in [-0.4, -0.2) is 41.3 Å². The van der Waals surface area contributed by atoms with Crippen molar-refractivity contribution >= 4 is 11.6 Å². The standard InChI is InChI=1S/C14H24N4O/c1-5-12-16-13(15-4)10(3)14(17-12)18-7-6-9(2)11(19)8-18/h9,11,19H,5-8H2,1-4H3,(H,15,16,17). The Bertz CT molecular complexity index is 449. The Balaban J connectivity index is 2.33. The number of nitrogens with one attached hydrogen (secondary N) is 1. The Morgan fingerprint density at radius 3 is 2.74 bits per heavy atom. The summed E-state index contributed by atoms with van der Waals surface area (Å²) >= 11 is 0. The molecule has 0 saturated carbocycles. The summed E-state index contributed by atoms with van der Waals surface area (Å²) in [4.78, 5) is 11.3. The number of hydrogen-bond acceptors (Lipinski definition) is 5. The minimum atomic E-state index is -0.272. The van der Waals surface area contributed by atoms with E-state index in [4.69, 9.17) is 0 Å². The van der Waals surface area contributed by atoms with Crippen LogP contribution in [0.1, 0.15) is 31.7 Å². The number of β-amino-alcohol motifs (C(OH)–C–C–N with tert-alkyl or cyclic N) is 1. The first-order valence-corrected chi connectivity index (χ1v) is 7.05. The van der Waals surface area contributed by atoms with Gasteiger partial charge in [-0.25, -0.2) is 9.97 Å². The lowest BCUT2D eigenvalue weighted by molar-refractivity contribution is 0.102. The normalized spacial score (nSPS) is 23.5. The van der Waals surface area contributed by atoms with Gasteiger partial charge >= 0.3 is 0 Å². The highest BCUT2D eigenvalue weighted by Gasteiger charge is 2.26. The van der Waals surface area contributed by atoms with Crippen molar-refractivity contribution in [2.24, 2.45) is 5.92 Å². The summed E-state index contributed by atoms with van der Waals surface area (Å²) in [5.41, 5.74) is 1.06. The van der Waals surface area contributed by atoms with Crippen LogP contribution in [0.5, 0.6) is 0 Å². The van der Waals surface area contributed by atoms with Gasteiger partial charge in [-0.15, -0.1) is 0 Å². The van der Waals surface area contributed by atoms with E-state index < -0.39 is 0 Å². The second-order valence-electron chi connectivity index (χ2n) is 5.32. The molecule has 106 valence electrons. The molecule has 0 aromatic carbocycles. The molecule has 5 nitrogen and oxygen atoms in total. The number of piperidine rings is 1. The lowest BCUT2D eigenvalue weighted by Crippen LogP contribution is -2.43. The van der Waals surface area contributed by atoms with Crippen molar-refractivity contribution in [3.63, 3.8) is 0 Å². The molecule has 0 radical (unpaired) electrons. The summed E-state index contributed by atoms with van der Waals surface area (Å²) in [6.45, 7) is 7.80. The van der Waals surface area contributed by atoms with E-state index in [2.05, 4.69) is 34.0 Å². The van der Waals surface area contributed by atoms with Crippen LogP contribution in [0, 0.1) is 12.8 Å². The van der Waals surface area contributed by atoms with Crippen LogP contribution < -0.4 is 10.2 Å². The number of hydrogen-bond donors (Lipinski definition) is 2. The summed E-state index contributed by atoms with van der Waals surface area (Å²) in [5, 5.41) is 13.2. The zero-order chi connectivity index (χ0) is 14.0. The monoisotopic (exact) mass is 264 g/mol. The molecule has 0 bridgehead atoms. The van der Waals surface area contributed by atoms with Gasteiger partial charge in [0.2, 0.25) is 0 Å². The average Bonchev–Trinajstić information content (AvgIpc) is 2.42. The number of rotatable bonds is 3. The van der Waals surface area contributed by atoms with Crippen molar-refractivity contribution in [1.82, 2.24) is 9.97 Å². The highest BCUT2D eigenvalue weighted by atomic mass is 16.3. The fraction of sp³-hybridized carbons (Fsp3) is 0.714. The molecule has 2 heterocycles. The van der Waals surface area contributed by atoms with E-state index in [0.29, 0.717) is 12.5 Å². The highest BCUT2D eigenvalue weighted by Crippen LogP contribution is 2.27. The molecule has 5 heteroatoms. The van der Waals surface area contributed by atoms with E-state index in [0.717, 1.165) is 42.4 Å². The summed E-state index contributed by atoms with van der Waals surface area (Å²) in [6, 6.07) is 0. The van der Waals surface area contributed by atoms with Gasteiger partial charge in [0.05, 0.1) is 6.10 Å². The van der Waals surface area contributed by atoms with Crippen molar-refractivity contribution in [2.45, 2.75) is 39.7 Å². The van der Waals surface area contributed by atoms with Gasteiger partial charge in [0.25, 0.3) is 0 Å². The first-order valence-electron chi connectivity index (χ1n) is 7.05. The maximum Gasteiger partial charge on any atom is 0.137 e. The fourth-order valence-electron chi connectivity index (χ4n) is 2.50. The maximum absolute atomic E-state index is 10.1. The van der Waals surface area contributed by atoms with E-state index in [1.807, 2.05) is 14.0 Å². The van der Waals surface area contributed by atoms with Crippen LogP contribution in [0.4, 0.5) is 11.6 Å². The minimum absolute atomic E-state index is 0.272. The molecule has 2 rings (SSSR count). The molecular formula is C14H24N4O. The van der Waals surface area contributed by atoms with E-state index >= 15 is 0 Å². The molecule has 2 atom stereocenters. The van der Waals surface area contributed by atoms with Crippen LogP contribution in [-0.2, 0) is 6.42 Å². The molecule has 0 spiro atoms. The molecule has 2 N–H and O–H groups in total. The van der Waals surface area contributed by atoms with Gasteiger partial charge in [-0.05, 0) is 19.3 Å². The molecule has 0 aliphatic carbocycles. The molecule has 0 amide bonds. The molecule has 2 unspecified atom stereocenters. The number of aromatic nitrogens is 2. The van der Waals surface area contributed by atoms with Crippen LogP contribution in [0.2, 0.25) is 0 Å². The average molecular weight is 264 g/mol. The van der Waals surface area contributed by atoms with Crippen LogP contribution >= 0.6 is 0 Å². The summed E-state index contributed by atoms with van der Waals surface area (Å²) in [7, 11) is 1.88. The van der Waals surface area contributed by atoms with Crippen LogP contribution in [0.25, 0.3) is 0 Å². The quantitative estimate of drug-likeness (QED) is 0.868. The predicted octanol–water partition coefficient (Wildman–Crippen LogP) is 1.60. The third kappa shape index (κ3) is 2.81. The second kappa shape index (κ2) is 5.74. The first-order chi connectivity index (χ1) is 9.06. The second-order valence-corrected chi connectivity index (χ2v) is 5.32. The van der Waals surface area contributed by atoms with Gasteiger partial charge < -0.3 is 15.3 Å². The van der Waals surface area contributed by atoms with E-state index in [1.165, 1.54) is 0 Å². The van der Waals surface area contributed by atoms with Gasteiger partial charge in [-0.3, -0.25) is 0 Å². The summed E-state index contributed by atoms with van der Waals surface area (Å²) in [5.74, 6) is 3.06. The largest absolute Gasteiger partial charge is 0.391 e. The third-order valence-corrected chi connectivity index (χ3v) is 3.94. The van der Waals surface area contributed by atoms with Crippen LogP contribution in [0.15, 0.2) is 0 Å². The number of aliphatic hydroxyl groups excluding tert-OH is 1. The zero-order valence-electron chi connectivity index (χ0n) is 12.3. The highest BCUT2D eigenvalue weighted by molar-refractivity contribution is 5.58. The van der Waals surface area contributed by atoms with Gasteiger partial charge in [-0.1, -0.05) is 13.8 Å². The molecule has 1 fully saturated rings. The molecule has 1 aromatic rings.